The number of nitrogens with zero attached hydrogens (tertiary/aromatic N) is 1. The third-order valence-corrected chi connectivity index (χ3v) is 5.91. The van der Waals surface area contributed by atoms with Gasteiger partial charge in [-0.1, -0.05) is 48.6 Å². The Morgan fingerprint density at radius 1 is 1.23 bits per heavy atom. The molecule has 0 spiro atoms. The van der Waals surface area contributed by atoms with Gasteiger partial charge in [-0.25, -0.2) is 4.79 Å². The van der Waals surface area contributed by atoms with E-state index in [4.69, 9.17) is 33.3 Å². The molecule has 0 aliphatic carbocycles. The highest BCUT2D eigenvalue weighted by molar-refractivity contribution is 8.27. The SMILES string of the molecule is CCOc1cc(/C=C2/SC(=S)N(c3ccc(Cl)cc3)C2=O)ccc1OC(CC)C(=O)O. The summed E-state index contributed by atoms with van der Waals surface area (Å²) in [6.45, 7) is 3.93. The molecule has 1 fully saturated rings. The van der Waals surface area contributed by atoms with Crippen LogP contribution in [-0.4, -0.2) is 34.0 Å². The van der Waals surface area contributed by atoms with Crippen LogP contribution >= 0.6 is 35.6 Å². The first-order chi connectivity index (χ1) is 14.8. The summed E-state index contributed by atoms with van der Waals surface area (Å²) in [5, 5.41) is 9.82. The number of benzene rings is 2. The average Bonchev–Trinajstić information content (AvgIpc) is 3.01. The predicted molar refractivity (Wildman–Crippen MR) is 127 cm³/mol. The lowest BCUT2D eigenvalue weighted by Gasteiger charge is -2.17. The fourth-order valence-electron chi connectivity index (χ4n) is 2.87. The van der Waals surface area contributed by atoms with Crippen LogP contribution in [0.15, 0.2) is 47.4 Å². The molecule has 2 aromatic rings. The summed E-state index contributed by atoms with van der Waals surface area (Å²) in [4.78, 5) is 26.2. The highest BCUT2D eigenvalue weighted by atomic mass is 35.5. The predicted octanol–water partition coefficient (Wildman–Crippen LogP) is 5.39. The number of halogens is 1. The van der Waals surface area contributed by atoms with Gasteiger partial charge in [0.15, 0.2) is 21.9 Å². The van der Waals surface area contributed by atoms with Gasteiger partial charge in [0.25, 0.3) is 5.91 Å². The minimum Gasteiger partial charge on any atom is -0.490 e. The number of carboxylic acids is 1. The summed E-state index contributed by atoms with van der Waals surface area (Å²) in [5.41, 5.74) is 1.35. The largest absolute Gasteiger partial charge is 0.490 e. The number of carbonyl (C=O) groups is 2. The molecule has 1 atom stereocenters. The third kappa shape index (κ3) is 5.39. The topological polar surface area (TPSA) is 76.1 Å². The summed E-state index contributed by atoms with van der Waals surface area (Å²) in [7, 11) is 0. The lowest BCUT2D eigenvalue weighted by Crippen LogP contribution is -2.27. The molecule has 0 aromatic heterocycles. The molecule has 1 heterocycles. The van der Waals surface area contributed by atoms with Crippen LogP contribution in [0.5, 0.6) is 11.5 Å². The van der Waals surface area contributed by atoms with Crippen LogP contribution in [0, 0.1) is 0 Å². The van der Waals surface area contributed by atoms with Gasteiger partial charge in [0.05, 0.1) is 17.2 Å². The van der Waals surface area contributed by atoms with Gasteiger partial charge in [-0.2, -0.15) is 0 Å². The van der Waals surface area contributed by atoms with Crippen molar-refractivity contribution in [2.45, 2.75) is 26.4 Å². The van der Waals surface area contributed by atoms with E-state index in [1.807, 2.05) is 6.92 Å². The molecule has 1 N–H and O–H groups in total. The maximum atomic E-state index is 12.9. The number of ether oxygens (including phenoxy) is 2. The zero-order valence-electron chi connectivity index (χ0n) is 16.8. The highest BCUT2D eigenvalue weighted by Gasteiger charge is 2.33. The third-order valence-electron chi connectivity index (χ3n) is 4.36. The van der Waals surface area contributed by atoms with Crippen LogP contribution in [0.25, 0.3) is 6.08 Å². The number of rotatable bonds is 8. The van der Waals surface area contributed by atoms with E-state index in [0.29, 0.717) is 50.0 Å². The second kappa shape index (κ2) is 10.2. The average molecular weight is 478 g/mol. The van der Waals surface area contributed by atoms with Gasteiger partial charge in [-0.3, -0.25) is 9.69 Å². The van der Waals surface area contributed by atoms with Crippen molar-refractivity contribution in [3.05, 3.63) is 58.0 Å². The summed E-state index contributed by atoms with van der Waals surface area (Å²) in [6, 6.07) is 12.0. The van der Waals surface area contributed by atoms with Crippen LogP contribution < -0.4 is 14.4 Å². The van der Waals surface area contributed by atoms with Crippen molar-refractivity contribution in [1.29, 1.82) is 0 Å². The Hall–Kier alpha value is -2.55. The van der Waals surface area contributed by atoms with E-state index in [1.165, 1.54) is 16.7 Å². The first-order valence-corrected chi connectivity index (χ1v) is 11.1. The second-order valence-electron chi connectivity index (χ2n) is 6.49. The number of thiocarbonyl (C=S) groups is 1. The van der Waals surface area contributed by atoms with E-state index in [1.54, 1.807) is 55.5 Å². The molecular formula is C22H20ClNO5S2. The number of aliphatic carboxylic acids is 1. The van der Waals surface area contributed by atoms with Gasteiger partial charge in [-0.05, 0) is 61.4 Å². The first kappa shape index (κ1) is 23.1. The summed E-state index contributed by atoms with van der Waals surface area (Å²) in [6.07, 6.45) is 1.06. The van der Waals surface area contributed by atoms with Crippen molar-refractivity contribution < 1.29 is 24.2 Å². The standard InChI is InChI=1S/C22H20ClNO5S2/c1-3-16(21(26)27)29-17-10-5-13(11-18(17)28-4-2)12-19-20(25)24(22(30)31-19)15-8-6-14(23)7-9-15/h5-12,16H,3-4H2,1-2H3,(H,26,27)/b19-12+. The Labute approximate surface area is 194 Å². The lowest BCUT2D eigenvalue weighted by atomic mass is 10.1. The Morgan fingerprint density at radius 3 is 2.55 bits per heavy atom. The van der Waals surface area contributed by atoms with Crippen LogP contribution in [0.3, 0.4) is 0 Å². The molecule has 1 aliphatic heterocycles. The monoisotopic (exact) mass is 477 g/mol. The fourth-order valence-corrected chi connectivity index (χ4v) is 4.30. The van der Waals surface area contributed by atoms with Crippen molar-refractivity contribution in [2.75, 3.05) is 11.5 Å². The molecule has 2 aromatic carbocycles. The van der Waals surface area contributed by atoms with E-state index < -0.39 is 12.1 Å². The molecule has 6 nitrogen and oxygen atoms in total. The van der Waals surface area contributed by atoms with Crippen molar-refractivity contribution >= 4 is 63.5 Å². The zero-order chi connectivity index (χ0) is 22.5. The first-order valence-electron chi connectivity index (χ1n) is 9.53. The van der Waals surface area contributed by atoms with Gasteiger partial charge in [-0.15, -0.1) is 0 Å². The van der Waals surface area contributed by atoms with Crippen molar-refractivity contribution in [3.8, 4) is 11.5 Å². The molecule has 1 saturated heterocycles. The Kier molecular flexibility index (Phi) is 7.59. The van der Waals surface area contributed by atoms with Crippen LogP contribution in [-0.2, 0) is 9.59 Å². The minimum absolute atomic E-state index is 0.229. The summed E-state index contributed by atoms with van der Waals surface area (Å²) < 4.78 is 11.7. The van der Waals surface area contributed by atoms with Crippen LogP contribution in [0.2, 0.25) is 5.02 Å². The Bertz CT molecular complexity index is 1040. The summed E-state index contributed by atoms with van der Waals surface area (Å²) in [5.74, 6) is -0.529. The molecule has 0 radical (unpaired) electrons. The van der Waals surface area contributed by atoms with Crippen LogP contribution in [0.4, 0.5) is 5.69 Å². The quantitative estimate of drug-likeness (QED) is 0.403. The van der Waals surface area contributed by atoms with E-state index in [2.05, 4.69) is 0 Å². The molecule has 1 unspecified atom stereocenters. The van der Waals surface area contributed by atoms with E-state index >= 15 is 0 Å². The molecule has 3 rings (SSSR count). The number of carbonyl (C=O) groups excluding carboxylic acids is 1. The highest BCUT2D eigenvalue weighted by Crippen LogP contribution is 2.37. The molecule has 162 valence electrons. The van der Waals surface area contributed by atoms with E-state index in [9.17, 15) is 14.7 Å². The maximum Gasteiger partial charge on any atom is 0.344 e. The van der Waals surface area contributed by atoms with Gasteiger partial charge in [0.2, 0.25) is 0 Å². The normalized spacial score (nSPS) is 16.0. The van der Waals surface area contributed by atoms with Crippen molar-refractivity contribution in [2.24, 2.45) is 0 Å². The molecule has 0 bridgehead atoms. The Morgan fingerprint density at radius 2 is 1.94 bits per heavy atom. The smallest absolute Gasteiger partial charge is 0.344 e. The molecule has 9 heteroatoms. The number of carboxylic acid groups (broad SMARTS) is 1. The fraction of sp³-hybridized carbons (Fsp3) is 0.227. The summed E-state index contributed by atoms with van der Waals surface area (Å²) >= 11 is 12.5. The van der Waals surface area contributed by atoms with Crippen molar-refractivity contribution in [3.63, 3.8) is 0 Å². The van der Waals surface area contributed by atoms with Crippen molar-refractivity contribution in [1.82, 2.24) is 0 Å². The zero-order valence-corrected chi connectivity index (χ0v) is 19.2. The van der Waals surface area contributed by atoms with Crippen LogP contribution in [0.1, 0.15) is 25.8 Å². The van der Waals surface area contributed by atoms with Gasteiger partial charge >= 0.3 is 5.97 Å². The Balaban J connectivity index is 1.88. The molecule has 1 amide bonds. The van der Waals surface area contributed by atoms with Gasteiger partial charge in [0, 0.05) is 5.02 Å². The maximum absolute atomic E-state index is 12.9. The molecule has 31 heavy (non-hydrogen) atoms. The number of hydrogen-bond donors (Lipinski definition) is 1. The number of amides is 1. The number of anilines is 1. The molecule has 0 saturated carbocycles. The molecular weight excluding hydrogens is 458 g/mol. The van der Waals surface area contributed by atoms with E-state index in [0.717, 1.165) is 0 Å². The molecule has 1 aliphatic rings. The number of thioether (sulfide) groups is 1. The minimum atomic E-state index is -1.04. The van der Waals surface area contributed by atoms with E-state index in [-0.39, 0.29) is 5.91 Å². The van der Waals surface area contributed by atoms with Gasteiger partial charge < -0.3 is 14.6 Å². The second-order valence-corrected chi connectivity index (χ2v) is 8.60. The lowest BCUT2D eigenvalue weighted by molar-refractivity contribution is -0.145. The number of hydrogen-bond acceptors (Lipinski definition) is 6. The van der Waals surface area contributed by atoms with Gasteiger partial charge in [0.1, 0.15) is 0 Å².